The van der Waals surface area contributed by atoms with Gasteiger partial charge in [-0.2, -0.15) is 0 Å². The number of hydrogen-bond donors (Lipinski definition) is 0. The van der Waals surface area contributed by atoms with Crippen LogP contribution in [-0.4, -0.2) is 4.98 Å². The number of pyridine rings is 1. The molecular formula is C29H23F2NO. The van der Waals surface area contributed by atoms with Crippen LogP contribution in [0.25, 0.3) is 44.3 Å². The van der Waals surface area contributed by atoms with Gasteiger partial charge in [-0.15, -0.1) is 0 Å². The van der Waals surface area contributed by atoms with E-state index in [0.29, 0.717) is 17.1 Å². The van der Waals surface area contributed by atoms with Gasteiger partial charge in [0.25, 0.3) is 0 Å². The Bertz CT molecular complexity index is 1460. The molecule has 6 rings (SSSR count). The molecule has 0 spiro atoms. The molecule has 0 aliphatic heterocycles. The molecule has 1 saturated carbocycles. The van der Waals surface area contributed by atoms with Crippen LogP contribution < -0.4 is 0 Å². The molecule has 1 fully saturated rings. The maximum atomic E-state index is 14.3. The maximum Gasteiger partial charge on any atom is 0.136 e. The van der Waals surface area contributed by atoms with Crippen LogP contribution in [0, 0.1) is 11.6 Å². The zero-order valence-electron chi connectivity index (χ0n) is 18.2. The highest BCUT2D eigenvalue weighted by Gasteiger charge is 2.17. The van der Waals surface area contributed by atoms with E-state index < -0.39 is 11.6 Å². The quantitative estimate of drug-likeness (QED) is 0.281. The molecule has 164 valence electrons. The lowest BCUT2D eigenvalue weighted by Crippen LogP contribution is -2.04. The van der Waals surface area contributed by atoms with Crippen LogP contribution in [0.3, 0.4) is 0 Å². The Balaban J connectivity index is 1.42. The van der Waals surface area contributed by atoms with Crippen molar-refractivity contribution in [2.75, 3.05) is 0 Å². The third-order valence-corrected chi connectivity index (χ3v) is 6.88. The van der Waals surface area contributed by atoms with Gasteiger partial charge in [-0.05, 0) is 84.5 Å². The molecule has 2 heterocycles. The molecule has 0 unspecified atom stereocenters. The van der Waals surface area contributed by atoms with Crippen molar-refractivity contribution in [3.63, 3.8) is 0 Å². The minimum Gasteiger partial charge on any atom is -0.456 e. The molecule has 0 bridgehead atoms. The van der Waals surface area contributed by atoms with Crippen LogP contribution in [-0.2, 0) is 0 Å². The molecule has 0 amide bonds. The summed E-state index contributed by atoms with van der Waals surface area (Å²) < 4.78 is 34.6. The third kappa shape index (κ3) is 3.60. The van der Waals surface area contributed by atoms with Crippen LogP contribution in [0.5, 0.6) is 0 Å². The van der Waals surface area contributed by atoms with Gasteiger partial charge in [-0.1, -0.05) is 31.4 Å². The van der Waals surface area contributed by atoms with E-state index in [-0.39, 0.29) is 5.56 Å². The first kappa shape index (κ1) is 20.1. The van der Waals surface area contributed by atoms with Crippen LogP contribution in [0.1, 0.15) is 43.6 Å². The first-order chi connectivity index (χ1) is 16.2. The van der Waals surface area contributed by atoms with E-state index in [0.717, 1.165) is 27.6 Å². The second-order valence-electron chi connectivity index (χ2n) is 8.93. The molecule has 2 aromatic heterocycles. The lowest BCUT2D eigenvalue weighted by molar-refractivity contribution is 0.443. The van der Waals surface area contributed by atoms with Gasteiger partial charge in [0.15, 0.2) is 0 Å². The van der Waals surface area contributed by atoms with Crippen molar-refractivity contribution in [2.45, 2.75) is 38.0 Å². The van der Waals surface area contributed by atoms with Crippen LogP contribution in [0.2, 0.25) is 0 Å². The van der Waals surface area contributed by atoms with E-state index >= 15 is 0 Å². The van der Waals surface area contributed by atoms with E-state index in [2.05, 4.69) is 23.2 Å². The molecule has 1 aliphatic carbocycles. The summed E-state index contributed by atoms with van der Waals surface area (Å²) in [5.74, 6) is -0.551. The molecule has 33 heavy (non-hydrogen) atoms. The number of fused-ring (bicyclic) bond motifs is 3. The van der Waals surface area contributed by atoms with Crippen molar-refractivity contribution in [3.8, 4) is 22.4 Å². The van der Waals surface area contributed by atoms with Gasteiger partial charge >= 0.3 is 0 Å². The lowest BCUT2D eigenvalue weighted by atomic mass is 9.84. The number of benzene rings is 3. The van der Waals surface area contributed by atoms with Gasteiger partial charge in [-0.3, -0.25) is 4.98 Å². The van der Waals surface area contributed by atoms with E-state index in [1.54, 1.807) is 12.1 Å². The smallest absolute Gasteiger partial charge is 0.136 e. The molecule has 3 aromatic carbocycles. The third-order valence-electron chi connectivity index (χ3n) is 6.88. The Hall–Kier alpha value is -3.53. The summed E-state index contributed by atoms with van der Waals surface area (Å²) in [6.07, 6.45) is 8.35. The lowest BCUT2D eigenvalue weighted by Gasteiger charge is -2.22. The molecule has 4 heteroatoms. The summed E-state index contributed by atoms with van der Waals surface area (Å²) in [5.41, 5.74) is 5.12. The first-order valence-electron chi connectivity index (χ1n) is 11.5. The van der Waals surface area contributed by atoms with Gasteiger partial charge in [0.05, 0.1) is 11.3 Å². The van der Waals surface area contributed by atoms with Gasteiger partial charge in [0.1, 0.15) is 22.8 Å². The number of nitrogens with zero attached hydrogens (tertiary/aromatic N) is 1. The van der Waals surface area contributed by atoms with E-state index in [4.69, 9.17) is 4.42 Å². The summed E-state index contributed by atoms with van der Waals surface area (Å²) in [6.45, 7) is 0. The predicted octanol–water partition coefficient (Wildman–Crippen LogP) is 8.64. The molecule has 0 saturated heterocycles. The molecule has 0 atom stereocenters. The Kier molecular flexibility index (Phi) is 4.94. The second-order valence-corrected chi connectivity index (χ2v) is 8.93. The monoisotopic (exact) mass is 439 g/mol. The fourth-order valence-corrected chi connectivity index (χ4v) is 5.16. The summed E-state index contributed by atoms with van der Waals surface area (Å²) in [7, 11) is 0. The highest BCUT2D eigenvalue weighted by molar-refractivity contribution is 6.07. The minimum atomic E-state index is -0.586. The van der Waals surface area contributed by atoms with Crippen molar-refractivity contribution >= 4 is 21.9 Å². The summed E-state index contributed by atoms with van der Waals surface area (Å²) in [5, 5.41) is 1.88. The number of hydrogen-bond acceptors (Lipinski definition) is 2. The SMILES string of the molecule is Fc1cccc(F)c1-c1ccc2c(c1)oc1ccc(-c3cc(C4CCCCC4)ccn3)cc12. The zero-order valence-corrected chi connectivity index (χ0v) is 18.2. The topological polar surface area (TPSA) is 26.0 Å². The fraction of sp³-hybridized carbons (Fsp3) is 0.207. The summed E-state index contributed by atoms with van der Waals surface area (Å²) >= 11 is 0. The van der Waals surface area contributed by atoms with Crippen molar-refractivity contribution in [1.29, 1.82) is 0 Å². The molecule has 5 aromatic rings. The predicted molar refractivity (Wildman–Crippen MR) is 128 cm³/mol. The molecule has 2 nitrogen and oxygen atoms in total. The van der Waals surface area contributed by atoms with Crippen LogP contribution >= 0.6 is 0 Å². The van der Waals surface area contributed by atoms with Gasteiger partial charge < -0.3 is 4.42 Å². The fourth-order valence-electron chi connectivity index (χ4n) is 5.16. The van der Waals surface area contributed by atoms with E-state index in [1.807, 2.05) is 24.4 Å². The molecule has 0 N–H and O–H groups in total. The van der Waals surface area contributed by atoms with E-state index in [9.17, 15) is 8.78 Å². The van der Waals surface area contributed by atoms with Gasteiger partial charge in [0.2, 0.25) is 0 Å². The highest BCUT2D eigenvalue weighted by Crippen LogP contribution is 2.37. The highest BCUT2D eigenvalue weighted by atomic mass is 19.1. The number of aromatic nitrogens is 1. The van der Waals surface area contributed by atoms with Crippen molar-refractivity contribution in [3.05, 3.63) is 90.1 Å². The Labute approximate surface area is 190 Å². The molecule has 0 radical (unpaired) electrons. The van der Waals surface area contributed by atoms with Crippen molar-refractivity contribution in [1.82, 2.24) is 4.98 Å². The van der Waals surface area contributed by atoms with Gasteiger partial charge in [0, 0.05) is 22.5 Å². The largest absolute Gasteiger partial charge is 0.456 e. The Morgan fingerprint density at radius 2 is 1.52 bits per heavy atom. The normalized spacial score (nSPS) is 14.8. The minimum absolute atomic E-state index is 0.0377. The average Bonchev–Trinajstić information content (AvgIpc) is 3.22. The van der Waals surface area contributed by atoms with E-state index in [1.165, 1.54) is 55.9 Å². The number of halogens is 2. The second kappa shape index (κ2) is 8.11. The summed E-state index contributed by atoms with van der Waals surface area (Å²) in [4.78, 5) is 4.63. The van der Waals surface area contributed by atoms with Crippen molar-refractivity contribution < 1.29 is 13.2 Å². The molecule has 1 aliphatic rings. The maximum absolute atomic E-state index is 14.3. The van der Waals surface area contributed by atoms with Gasteiger partial charge in [-0.25, -0.2) is 8.78 Å². The first-order valence-corrected chi connectivity index (χ1v) is 11.5. The summed E-state index contributed by atoms with van der Waals surface area (Å²) in [6, 6.07) is 19.7. The molecular weight excluding hydrogens is 416 g/mol. The van der Waals surface area contributed by atoms with Crippen molar-refractivity contribution in [2.24, 2.45) is 0 Å². The Morgan fingerprint density at radius 3 is 2.33 bits per heavy atom. The number of furan rings is 1. The standard InChI is InChI=1S/C29H23F2NO/c30-24-7-4-8-25(31)29(24)21-9-11-22-23-15-20(10-12-27(23)33-28(22)17-21)26-16-19(13-14-32-26)18-5-2-1-3-6-18/h4,7-18H,1-3,5-6H2. The van der Waals surface area contributed by atoms with Crippen LogP contribution in [0.15, 0.2) is 77.3 Å². The number of rotatable bonds is 3. The average molecular weight is 440 g/mol. The van der Waals surface area contributed by atoms with Crippen LogP contribution in [0.4, 0.5) is 8.78 Å². The zero-order chi connectivity index (χ0) is 22.4. The Morgan fingerprint density at radius 1 is 0.727 bits per heavy atom.